The van der Waals surface area contributed by atoms with Gasteiger partial charge in [0.2, 0.25) is 5.91 Å². The number of nitrogens with one attached hydrogen (secondary N) is 2. The molecule has 1 aliphatic rings. The molecule has 1 saturated heterocycles. The van der Waals surface area contributed by atoms with Crippen molar-refractivity contribution in [3.8, 4) is 0 Å². The Morgan fingerprint density at radius 2 is 1.92 bits per heavy atom. The van der Waals surface area contributed by atoms with Crippen LogP contribution in [0.1, 0.15) is 5.56 Å². The molecule has 2 aromatic carbocycles. The molecule has 0 radical (unpaired) electrons. The monoisotopic (exact) mass is 340 g/mol. The van der Waals surface area contributed by atoms with E-state index in [2.05, 4.69) is 17.3 Å². The third-order valence-corrected chi connectivity index (χ3v) is 4.40. The smallest absolute Gasteiger partial charge is 0.248 e. The van der Waals surface area contributed by atoms with E-state index >= 15 is 0 Å². The van der Waals surface area contributed by atoms with Crippen LogP contribution in [0.2, 0.25) is 0 Å². The van der Waals surface area contributed by atoms with Gasteiger partial charge in [0.1, 0.15) is 5.82 Å². The Hall–Kier alpha value is -2.66. The second-order valence-electron chi connectivity index (χ2n) is 6.34. The topological polar surface area (TPSA) is 36.8 Å². The molecular weight excluding hydrogens is 317 g/mol. The lowest BCUT2D eigenvalue weighted by Gasteiger charge is -2.32. The summed E-state index contributed by atoms with van der Waals surface area (Å²) in [5.41, 5.74) is 2.50. The highest BCUT2D eigenvalue weighted by molar-refractivity contribution is 6.03. The largest absolute Gasteiger partial charge is 0.359 e. The van der Waals surface area contributed by atoms with E-state index in [-0.39, 0.29) is 11.7 Å². The SMILES string of the molecule is C[NH+]1CCN(c2ccccc2NC(=O)/C=C/c2cccc(F)c2)CC1. The summed E-state index contributed by atoms with van der Waals surface area (Å²) in [6, 6.07) is 14.0. The molecule has 0 aliphatic carbocycles. The molecule has 1 amide bonds. The number of hydrogen-bond donors (Lipinski definition) is 2. The number of anilines is 2. The molecule has 0 aromatic heterocycles. The molecule has 2 aromatic rings. The van der Waals surface area contributed by atoms with E-state index in [0.717, 1.165) is 37.6 Å². The number of benzene rings is 2. The fraction of sp³-hybridized carbons (Fsp3) is 0.250. The molecule has 130 valence electrons. The molecule has 0 saturated carbocycles. The zero-order valence-corrected chi connectivity index (χ0v) is 14.3. The quantitative estimate of drug-likeness (QED) is 0.833. The highest BCUT2D eigenvalue weighted by Crippen LogP contribution is 2.25. The Bertz CT molecular complexity index is 767. The van der Waals surface area contributed by atoms with Gasteiger partial charge in [-0.05, 0) is 35.9 Å². The molecule has 0 bridgehead atoms. The summed E-state index contributed by atoms with van der Waals surface area (Å²) in [5, 5.41) is 2.94. The summed E-state index contributed by atoms with van der Waals surface area (Å²) in [7, 11) is 2.20. The zero-order valence-electron chi connectivity index (χ0n) is 14.3. The van der Waals surface area contributed by atoms with Gasteiger partial charge in [0.15, 0.2) is 0 Å². The van der Waals surface area contributed by atoms with Gasteiger partial charge < -0.3 is 15.1 Å². The second kappa shape index (κ2) is 7.94. The molecule has 3 rings (SSSR count). The number of rotatable bonds is 4. The standard InChI is InChI=1S/C20H22FN3O/c1-23-11-13-24(14-12-23)19-8-3-2-7-18(19)22-20(25)10-9-16-5-4-6-17(21)15-16/h2-10,15H,11-14H2,1H3,(H,22,25)/p+1/b10-9+. The lowest BCUT2D eigenvalue weighted by molar-refractivity contribution is -0.880. The van der Waals surface area contributed by atoms with E-state index in [0.29, 0.717) is 5.56 Å². The van der Waals surface area contributed by atoms with Crippen LogP contribution in [0, 0.1) is 5.82 Å². The van der Waals surface area contributed by atoms with Crippen LogP contribution in [0.25, 0.3) is 6.08 Å². The summed E-state index contributed by atoms with van der Waals surface area (Å²) in [6.07, 6.45) is 3.04. The maximum atomic E-state index is 13.2. The van der Waals surface area contributed by atoms with Gasteiger partial charge in [0.05, 0.1) is 44.6 Å². The number of halogens is 1. The predicted molar refractivity (Wildman–Crippen MR) is 99.3 cm³/mol. The summed E-state index contributed by atoms with van der Waals surface area (Å²) >= 11 is 0. The summed E-state index contributed by atoms with van der Waals surface area (Å²) in [4.78, 5) is 16.1. The van der Waals surface area contributed by atoms with Gasteiger partial charge in [-0.3, -0.25) is 4.79 Å². The van der Waals surface area contributed by atoms with Crippen LogP contribution in [0.4, 0.5) is 15.8 Å². The number of carbonyl (C=O) groups is 1. The number of nitrogens with zero attached hydrogens (tertiary/aromatic N) is 1. The van der Waals surface area contributed by atoms with Crippen LogP contribution in [0.5, 0.6) is 0 Å². The normalized spacial score (nSPS) is 15.5. The van der Waals surface area contributed by atoms with E-state index in [4.69, 9.17) is 0 Å². The Labute approximate surface area is 147 Å². The Balaban J connectivity index is 1.69. The van der Waals surface area contributed by atoms with Crippen LogP contribution < -0.4 is 15.1 Å². The average molecular weight is 340 g/mol. The lowest BCUT2D eigenvalue weighted by Crippen LogP contribution is -3.12. The lowest BCUT2D eigenvalue weighted by atomic mass is 10.2. The van der Waals surface area contributed by atoms with Gasteiger partial charge in [-0.25, -0.2) is 4.39 Å². The maximum Gasteiger partial charge on any atom is 0.248 e. The molecule has 0 spiro atoms. The predicted octanol–water partition coefficient (Wildman–Crippen LogP) is 1.81. The van der Waals surface area contributed by atoms with Gasteiger partial charge in [0.25, 0.3) is 0 Å². The maximum absolute atomic E-state index is 13.2. The molecular formula is C20H23FN3O+. The third-order valence-electron chi connectivity index (χ3n) is 4.40. The molecule has 2 N–H and O–H groups in total. The number of amides is 1. The first-order chi connectivity index (χ1) is 12.1. The minimum Gasteiger partial charge on any atom is -0.359 e. The molecule has 1 heterocycles. The Morgan fingerprint density at radius 1 is 1.16 bits per heavy atom. The number of quaternary nitrogens is 1. The Morgan fingerprint density at radius 3 is 2.68 bits per heavy atom. The van der Waals surface area contributed by atoms with Crippen molar-refractivity contribution < 1.29 is 14.1 Å². The van der Waals surface area contributed by atoms with E-state index in [9.17, 15) is 9.18 Å². The summed E-state index contributed by atoms with van der Waals surface area (Å²) in [6.45, 7) is 4.11. The molecule has 4 nitrogen and oxygen atoms in total. The molecule has 0 unspecified atom stereocenters. The molecule has 0 atom stereocenters. The second-order valence-corrected chi connectivity index (χ2v) is 6.34. The first-order valence-electron chi connectivity index (χ1n) is 8.52. The zero-order chi connectivity index (χ0) is 17.6. The first kappa shape index (κ1) is 17.2. The van der Waals surface area contributed by atoms with Crippen LogP contribution in [0.15, 0.2) is 54.6 Å². The number of hydrogen-bond acceptors (Lipinski definition) is 2. The van der Waals surface area contributed by atoms with Gasteiger partial charge >= 0.3 is 0 Å². The number of likely N-dealkylation sites (N-methyl/N-ethyl adjacent to an activating group) is 1. The minimum atomic E-state index is -0.315. The highest BCUT2D eigenvalue weighted by atomic mass is 19.1. The van der Waals surface area contributed by atoms with Gasteiger partial charge in [-0.1, -0.05) is 24.3 Å². The van der Waals surface area contributed by atoms with Crippen molar-refractivity contribution in [3.05, 3.63) is 66.0 Å². The van der Waals surface area contributed by atoms with Crippen molar-refractivity contribution >= 4 is 23.4 Å². The van der Waals surface area contributed by atoms with Crippen LogP contribution >= 0.6 is 0 Å². The van der Waals surface area contributed by atoms with Crippen LogP contribution in [-0.4, -0.2) is 39.1 Å². The third kappa shape index (κ3) is 4.67. The van der Waals surface area contributed by atoms with Gasteiger partial charge in [-0.2, -0.15) is 0 Å². The highest BCUT2D eigenvalue weighted by Gasteiger charge is 2.19. The van der Waals surface area contributed by atoms with Crippen molar-refractivity contribution in [2.75, 3.05) is 43.4 Å². The number of carbonyl (C=O) groups excluding carboxylic acids is 1. The van der Waals surface area contributed by atoms with Crippen molar-refractivity contribution in [3.63, 3.8) is 0 Å². The minimum absolute atomic E-state index is 0.225. The van der Waals surface area contributed by atoms with Gasteiger partial charge in [-0.15, -0.1) is 0 Å². The number of piperazine rings is 1. The average Bonchev–Trinajstić information content (AvgIpc) is 2.61. The molecule has 25 heavy (non-hydrogen) atoms. The van der Waals surface area contributed by atoms with Crippen molar-refractivity contribution in [2.45, 2.75) is 0 Å². The van der Waals surface area contributed by atoms with E-state index in [1.165, 1.54) is 23.1 Å². The molecule has 1 aliphatic heterocycles. The number of para-hydroxylation sites is 2. The van der Waals surface area contributed by atoms with Gasteiger partial charge in [0, 0.05) is 6.08 Å². The molecule has 5 heteroatoms. The molecule has 1 fully saturated rings. The van der Waals surface area contributed by atoms with Crippen molar-refractivity contribution in [1.82, 2.24) is 0 Å². The summed E-state index contributed by atoms with van der Waals surface area (Å²) < 4.78 is 13.2. The Kier molecular flexibility index (Phi) is 5.46. The fourth-order valence-corrected chi connectivity index (χ4v) is 2.94. The van der Waals surface area contributed by atoms with Crippen molar-refractivity contribution in [2.24, 2.45) is 0 Å². The van der Waals surface area contributed by atoms with Crippen molar-refractivity contribution in [1.29, 1.82) is 0 Å². The van der Waals surface area contributed by atoms with Crippen LogP contribution in [-0.2, 0) is 4.79 Å². The van der Waals surface area contributed by atoms with E-state index in [1.807, 2.05) is 24.3 Å². The van der Waals surface area contributed by atoms with Crippen LogP contribution in [0.3, 0.4) is 0 Å². The van der Waals surface area contributed by atoms with E-state index in [1.54, 1.807) is 18.2 Å². The fourth-order valence-electron chi connectivity index (χ4n) is 2.94. The first-order valence-corrected chi connectivity index (χ1v) is 8.52. The summed E-state index contributed by atoms with van der Waals surface area (Å²) in [5.74, 6) is -0.540. The van der Waals surface area contributed by atoms with E-state index < -0.39 is 0 Å².